The van der Waals surface area contributed by atoms with Gasteiger partial charge in [0.2, 0.25) is 0 Å². The van der Waals surface area contributed by atoms with Crippen molar-refractivity contribution < 1.29 is 27.4 Å². The number of nitrogens with zero attached hydrogens (tertiary/aromatic N) is 3. The van der Waals surface area contributed by atoms with Crippen LogP contribution in [0.2, 0.25) is 0 Å². The van der Waals surface area contributed by atoms with Crippen LogP contribution in [-0.2, 0) is 4.74 Å². The molecule has 1 saturated heterocycles. The predicted molar refractivity (Wildman–Crippen MR) is 114 cm³/mol. The Morgan fingerprint density at radius 2 is 1.62 bits per heavy atom. The van der Waals surface area contributed by atoms with Crippen LogP contribution in [-0.4, -0.2) is 44.8 Å². The highest BCUT2D eigenvalue weighted by Crippen LogP contribution is 2.36. The third-order valence-corrected chi connectivity index (χ3v) is 5.44. The molecule has 3 rings (SSSR count). The van der Waals surface area contributed by atoms with Crippen molar-refractivity contribution in [3.63, 3.8) is 0 Å². The van der Waals surface area contributed by atoms with Crippen LogP contribution in [0.1, 0.15) is 64.8 Å². The number of amides is 1. The van der Waals surface area contributed by atoms with E-state index in [1.807, 2.05) is 47.6 Å². The van der Waals surface area contributed by atoms with Crippen LogP contribution in [0.3, 0.4) is 0 Å². The molecule has 2 heterocycles. The van der Waals surface area contributed by atoms with E-state index in [0.717, 1.165) is 24.2 Å². The molecule has 0 aliphatic carbocycles. The average molecular weight is 454 g/mol. The number of piperidine rings is 1. The van der Waals surface area contributed by atoms with E-state index in [9.17, 15) is 18.0 Å². The number of benzene rings is 1. The first-order valence-corrected chi connectivity index (χ1v) is 10.7. The van der Waals surface area contributed by atoms with Crippen molar-refractivity contribution >= 4 is 6.09 Å². The van der Waals surface area contributed by atoms with Crippen LogP contribution in [0.25, 0.3) is 5.69 Å². The fourth-order valence-electron chi connectivity index (χ4n) is 4.25. The van der Waals surface area contributed by atoms with E-state index in [1.165, 1.54) is 12.1 Å². The van der Waals surface area contributed by atoms with Gasteiger partial charge in [0.1, 0.15) is 11.4 Å². The number of hydrogen-bond acceptors (Lipinski definition) is 4. The van der Waals surface area contributed by atoms with Gasteiger partial charge in [-0.3, -0.25) is 0 Å². The first-order chi connectivity index (χ1) is 14.7. The van der Waals surface area contributed by atoms with E-state index in [-0.39, 0.29) is 29.8 Å². The van der Waals surface area contributed by atoms with Crippen LogP contribution in [0, 0.1) is 6.92 Å². The van der Waals surface area contributed by atoms with Gasteiger partial charge in [0.05, 0.1) is 11.4 Å². The lowest BCUT2D eigenvalue weighted by Gasteiger charge is -2.42. The van der Waals surface area contributed by atoms with Crippen molar-refractivity contribution in [1.82, 2.24) is 14.7 Å². The zero-order valence-electron chi connectivity index (χ0n) is 19.2. The number of ether oxygens (including phenoxy) is 2. The van der Waals surface area contributed by atoms with E-state index >= 15 is 0 Å². The van der Waals surface area contributed by atoms with E-state index in [4.69, 9.17) is 9.84 Å². The monoisotopic (exact) mass is 453 g/mol. The van der Waals surface area contributed by atoms with Gasteiger partial charge in [-0.15, -0.1) is 13.2 Å². The fraction of sp³-hybridized carbons (Fsp3) is 0.565. The van der Waals surface area contributed by atoms with Crippen molar-refractivity contribution in [3.05, 3.63) is 41.7 Å². The Bertz CT molecular complexity index is 936. The molecule has 1 aromatic heterocycles. The second kappa shape index (κ2) is 8.67. The minimum atomic E-state index is -4.72. The Morgan fingerprint density at radius 1 is 1.06 bits per heavy atom. The summed E-state index contributed by atoms with van der Waals surface area (Å²) >= 11 is 0. The van der Waals surface area contributed by atoms with Crippen molar-refractivity contribution in [3.8, 4) is 11.4 Å². The van der Waals surface area contributed by atoms with Gasteiger partial charge in [-0.2, -0.15) is 5.10 Å². The lowest BCUT2D eigenvalue weighted by molar-refractivity contribution is -0.274. The second-order valence-electron chi connectivity index (χ2n) is 9.42. The molecule has 1 fully saturated rings. The van der Waals surface area contributed by atoms with Crippen LogP contribution >= 0.6 is 0 Å². The molecular formula is C23H30F3N3O3. The standard InChI is InChI=1S/C23H30F3N3O3/c1-14-11-17(12-15(2)28(14)21(30)32-22(4,5)6)20-13-16(3)29(27-20)18-7-9-19(10-8-18)31-23(24,25)26/h7-10,13-15,17H,11-12H2,1-6H3. The van der Waals surface area contributed by atoms with Gasteiger partial charge in [0.15, 0.2) is 0 Å². The van der Waals surface area contributed by atoms with E-state index in [0.29, 0.717) is 5.69 Å². The Hall–Kier alpha value is -2.71. The summed E-state index contributed by atoms with van der Waals surface area (Å²) in [5, 5.41) is 4.73. The summed E-state index contributed by atoms with van der Waals surface area (Å²) in [5.41, 5.74) is 1.87. The minimum Gasteiger partial charge on any atom is -0.444 e. The number of hydrogen-bond donors (Lipinski definition) is 0. The summed E-state index contributed by atoms with van der Waals surface area (Å²) in [6.45, 7) is 11.5. The summed E-state index contributed by atoms with van der Waals surface area (Å²) in [6.07, 6.45) is -3.53. The topological polar surface area (TPSA) is 56.6 Å². The maximum atomic E-state index is 12.6. The summed E-state index contributed by atoms with van der Waals surface area (Å²) < 4.78 is 48.4. The quantitative estimate of drug-likeness (QED) is 0.575. The first kappa shape index (κ1) is 23.9. The maximum Gasteiger partial charge on any atom is 0.573 e. The highest BCUT2D eigenvalue weighted by Gasteiger charge is 2.38. The van der Waals surface area contributed by atoms with E-state index < -0.39 is 12.0 Å². The zero-order valence-corrected chi connectivity index (χ0v) is 19.2. The molecule has 176 valence electrons. The summed E-state index contributed by atoms with van der Waals surface area (Å²) in [6, 6.07) is 7.60. The molecular weight excluding hydrogens is 423 g/mol. The van der Waals surface area contributed by atoms with Crippen LogP contribution in [0.4, 0.5) is 18.0 Å². The molecule has 1 aliphatic rings. The molecule has 0 spiro atoms. The lowest BCUT2D eigenvalue weighted by Crippen LogP contribution is -2.51. The van der Waals surface area contributed by atoms with E-state index in [1.54, 1.807) is 21.7 Å². The maximum absolute atomic E-state index is 12.6. The largest absolute Gasteiger partial charge is 0.573 e. The van der Waals surface area contributed by atoms with Gasteiger partial charge in [-0.05, 0) is 84.7 Å². The molecule has 32 heavy (non-hydrogen) atoms. The molecule has 0 bridgehead atoms. The van der Waals surface area contributed by atoms with Crippen molar-refractivity contribution in [2.45, 2.75) is 84.3 Å². The molecule has 2 aromatic rings. The summed E-state index contributed by atoms with van der Waals surface area (Å²) in [5.74, 6) is -0.116. The molecule has 2 atom stereocenters. The van der Waals surface area contributed by atoms with Crippen LogP contribution in [0.15, 0.2) is 30.3 Å². The highest BCUT2D eigenvalue weighted by atomic mass is 19.4. The molecule has 2 unspecified atom stereocenters. The summed E-state index contributed by atoms with van der Waals surface area (Å²) in [4.78, 5) is 14.4. The number of rotatable bonds is 3. The molecule has 0 N–H and O–H groups in total. The summed E-state index contributed by atoms with van der Waals surface area (Å²) in [7, 11) is 0. The minimum absolute atomic E-state index is 0.0112. The smallest absolute Gasteiger partial charge is 0.444 e. The van der Waals surface area contributed by atoms with E-state index in [2.05, 4.69) is 4.74 Å². The third-order valence-electron chi connectivity index (χ3n) is 5.44. The molecule has 6 nitrogen and oxygen atoms in total. The average Bonchev–Trinajstić information content (AvgIpc) is 3.00. The van der Waals surface area contributed by atoms with Crippen LogP contribution in [0.5, 0.6) is 5.75 Å². The normalized spacial score (nSPS) is 22.0. The molecule has 1 aromatic carbocycles. The number of likely N-dealkylation sites (tertiary alicyclic amines) is 1. The predicted octanol–water partition coefficient (Wildman–Crippen LogP) is 5.97. The molecule has 1 amide bonds. The fourth-order valence-corrected chi connectivity index (χ4v) is 4.25. The van der Waals surface area contributed by atoms with Gasteiger partial charge in [0, 0.05) is 23.7 Å². The van der Waals surface area contributed by atoms with Gasteiger partial charge in [0.25, 0.3) is 0 Å². The van der Waals surface area contributed by atoms with Crippen molar-refractivity contribution in [1.29, 1.82) is 0 Å². The van der Waals surface area contributed by atoms with Crippen molar-refractivity contribution in [2.75, 3.05) is 0 Å². The highest BCUT2D eigenvalue weighted by molar-refractivity contribution is 5.69. The number of carbonyl (C=O) groups excluding carboxylic acids is 1. The number of aryl methyl sites for hydroxylation is 1. The number of alkyl halides is 3. The second-order valence-corrected chi connectivity index (χ2v) is 9.42. The molecule has 0 radical (unpaired) electrons. The first-order valence-electron chi connectivity index (χ1n) is 10.7. The Kier molecular flexibility index (Phi) is 6.49. The molecule has 9 heteroatoms. The van der Waals surface area contributed by atoms with Gasteiger partial charge in [-0.25, -0.2) is 9.48 Å². The SMILES string of the molecule is Cc1cc(C2CC(C)N(C(=O)OC(C)(C)C)C(C)C2)nn1-c1ccc(OC(F)(F)F)cc1. The Balaban J connectivity index is 1.74. The number of carbonyl (C=O) groups is 1. The van der Waals surface area contributed by atoms with Gasteiger partial charge < -0.3 is 14.4 Å². The molecule has 0 saturated carbocycles. The molecule has 1 aliphatic heterocycles. The Labute approximate surface area is 186 Å². The van der Waals surface area contributed by atoms with Gasteiger partial charge in [-0.1, -0.05) is 0 Å². The van der Waals surface area contributed by atoms with Crippen LogP contribution < -0.4 is 4.74 Å². The third kappa shape index (κ3) is 5.75. The number of aromatic nitrogens is 2. The Morgan fingerprint density at radius 3 is 2.12 bits per heavy atom. The van der Waals surface area contributed by atoms with Gasteiger partial charge >= 0.3 is 12.5 Å². The lowest BCUT2D eigenvalue weighted by atomic mass is 9.85. The zero-order chi connectivity index (χ0) is 23.8. The van der Waals surface area contributed by atoms with Crippen molar-refractivity contribution in [2.24, 2.45) is 0 Å². The number of halogens is 3.